The van der Waals surface area contributed by atoms with Crippen LogP contribution >= 0.6 is 11.6 Å². The van der Waals surface area contributed by atoms with Gasteiger partial charge >= 0.3 is 0 Å². The maximum atomic E-state index is 12.5. The van der Waals surface area contributed by atoms with Crippen molar-refractivity contribution in [3.05, 3.63) is 34.9 Å². The van der Waals surface area contributed by atoms with Crippen LogP contribution in [0.2, 0.25) is 5.02 Å². The van der Waals surface area contributed by atoms with Gasteiger partial charge in [-0.3, -0.25) is 4.79 Å². The van der Waals surface area contributed by atoms with E-state index in [1.807, 2.05) is 12.1 Å². The van der Waals surface area contributed by atoms with Crippen molar-refractivity contribution in [2.75, 3.05) is 7.11 Å². The largest absolute Gasteiger partial charge is 0.370 e. The maximum Gasteiger partial charge on any atom is 0.194 e. The third-order valence-electron chi connectivity index (χ3n) is 3.55. The van der Waals surface area contributed by atoms with Gasteiger partial charge in [-0.1, -0.05) is 43.0 Å². The number of Topliss-reactive ketones (excluding diaryl/α,β-unsaturated/α-hetero) is 1. The fourth-order valence-electron chi connectivity index (χ4n) is 2.54. The molecule has 3 heteroatoms. The van der Waals surface area contributed by atoms with Crippen molar-refractivity contribution in [1.82, 2.24) is 0 Å². The summed E-state index contributed by atoms with van der Waals surface area (Å²) in [4.78, 5) is 12.5. The van der Waals surface area contributed by atoms with Crippen LogP contribution in [0.1, 0.15) is 42.5 Å². The van der Waals surface area contributed by atoms with Crippen molar-refractivity contribution in [3.63, 3.8) is 0 Å². The van der Waals surface area contributed by atoms with Crippen LogP contribution in [0.5, 0.6) is 0 Å². The topological polar surface area (TPSA) is 26.3 Å². The Morgan fingerprint density at radius 3 is 2.59 bits per heavy atom. The molecular weight excluding hydrogens is 236 g/mol. The molecule has 92 valence electrons. The van der Waals surface area contributed by atoms with Gasteiger partial charge in [0.15, 0.2) is 5.78 Å². The molecule has 0 saturated heterocycles. The average Bonchev–Trinajstić information content (AvgIpc) is 2.38. The molecule has 2 rings (SSSR count). The number of ether oxygens (including phenoxy) is 1. The molecule has 0 spiro atoms. The molecule has 1 saturated carbocycles. The molecule has 2 nitrogen and oxygen atoms in total. The highest BCUT2D eigenvalue weighted by atomic mass is 35.5. The van der Waals surface area contributed by atoms with E-state index in [4.69, 9.17) is 16.3 Å². The van der Waals surface area contributed by atoms with Crippen molar-refractivity contribution in [1.29, 1.82) is 0 Å². The lowest BCUT2D eigenvalue weighted by Gasteiger charge is -2.34. The van der Waals surface area contributed by atoms with E-state index in [-0.39, 0.29) is 5.78 Å². The predicted molar refractivity (Wildman–Crippen MR) is 68.6 cm³/mol. The quantitative estimate of drug-likeness (QED) is 0.764. The third kappa shape index (κ3) is 2.53. The van der Waals surface area contributed by atoms with E-state index >= 15 is 0 Å². The lowest BCUT2D eigenvalue weighted by Crippen LogP contribution is -2.42. The summed E-state index contributed by atoms with van der Waals surface area (Å²) < 4.78 is 5.54. The molecule has 0 amide bonds. The molecule has 0 aromatic heterocycles. The molecular formula is C14H17ClO2. The minimum Gasteiger partial charge on any atom is -0.370 e. The van der Waals surface area contributed by atoms with Gasteiger partial charge in [0.1, 0.15) is 5.60 Å². The molecule has 1 aromatic rings. The Kier molecular flexibility index (Phi) is 3.85. The van der Waals surface area contributed by atoms with Gasteiger partial charge in [-0.25, -0.2) is 0 Å². The second kappa shape index (κ2) is 5.19. The summed E-state index contributed by atoms with van der Waals surface area (Å²) in [5.41, 5.74) is 0.0318. The summed E-state index contributed by atoms with van der Waals surface area (Å²) in [6.45, 7) is 0. The van der Waals surface area contributed by atoms with E-state index in [2.05, 4.69) is 0 Å². The van der Waals surface area contributed by atoms with Crippen molar-refractivity contribution >= 4 is 17.4 Å². The van der Waals surface area contributed by atoms with Gasteiger partial charge < -0.3 is 4.74 Å². The highest BCUT2D eigenvalue weighted by molar-refractivity contribution is 6.31. The Bertz CT molecular complexity index is 408. The monoisotopic (exact) mass is 252 g/mol. The number of methoxy groups -OCH3 is 1. The van der Waals surface area contributed by atoms with E-state index in [1.54, 1.807) is 19.2 Å². The standard InChI is InChI=1S/C14H17ClO2/c1-17-14(8-3-2-4-9-14)13(16)11-6-5-7-12(15)10-11/h5-7,10H,2-4,8-9H2,1H3. The molecule has 0 aliphatic heterocycles. The summed E-state index contributed by atoms with van der Waals surface area (Å²) in [5, 5.41) is 0.595. The van der Waals surface area contributed by atoms with E-state index in [0.29, 0.717) is 10.6 Å². The predicted octanol–water partition coefficient (Wildman–Crippen LogP) is 3.87. The normalized spacial score (nSPS) is 18.9. The van der Waals surface area contributed by atoms with E-state index < -0.39 is 5.60 Å². The van der Waals surface area contributed by atoms with Crippen LogP contribution in [0.3, 0.4) is 0 Å². The fourth-order valence-corrected chi connectivity index (χ4v) is 2.73. The Morgan fingerprint density at radius 2 is 2.00 bits per heavy atom. The molecule has 1 fully saturated rings. The van der Waals surface area contributed by atoms with Crippen molar-refractivity contribution in [3.8, 4) is 0 Å². The molecule has 0 N–H and O–H groups in total. The summed E-state index contributed by atoms with van der Waals surface area (Å²) in [6, 6.07) is 7.11. The molecule has 1 aromatic carbocycles. The zero-order chi connectivity index (χ0) is 12.3. The Balaban J connectivity index is 2.28. The number of carbonyl (C=O) groups is 1. The van der Waals surface area contributed by atoms with Crippen LogP contribution < -0.4 is 0 Å². The molecule has 1 aliphatic carbocycles. The Hall–Kier alpha value is -0.860. The van der Waals surface area contributed by atoms with Crippen LogP contribution in [-0.2, 0) is 4.74 Å². The van der Waals surface area contributed by atoms with Crippen molar-refractivity contribution in [2.45, 2.75) is 37.7 Å². The summed E-state index contributed by atoms with van der Waals surface area (Å²) in [7, 11) is 1.63. The third-order valence-corrected chi connectivity index (χ3v) is 3.79. The summed E-state index contributed by atoms with van der Waals surface area (Å²) in [6.07, 6.45) is 4.93. The molecule has 0 bridgehead atoms. The number of hydrogen-bond donors (Lipinski definition) is 0. The van der Waals surface area contributed by atoms with Gasteiger partial charge in [0.2, 0.25) is 0 Å². The highest BCUT2D eigenvalue weighted by Crippen LogP contribution is 2.34. The van der Waals surface area contributed by atoms with Crippen molar-refractivity contribution < 1.29 is 9.53 Å². The minimum atomic E-state index is -0.622. The zero-order valence-electron chi connectivity index (χ0n) is 10.0. The van der Waals surface area contributed by atoms with Crippen LogP contribution in [-0.4, -0.2) is 18.5 Å². The smallest absolute Gasteiger partial charge is 0.194 e. The molecule has 0 unspecified atom stereocenters. The van der Waals surface area contributed by atoms with E-state index in [1.165, 1.54) is 6.42 Å². The average molecular weight is 253 g/mol. The van der Waals surface area contributed by atoms with Crippen LogP contribution in [0.4, 0.5) is 0 Å². The number of hydrogen-bond acceptors (Lipinski definition) is 2. The number of rotatable bonds is 3. The number of carbonyl (C=O) groups excluding carboxylic acids is 1. The van der Waals surface area contributed by atoms with Crippen LogP contribution in [0.15, 0.2) is 24.3 Å². The van der Waals surface area contributed by atoms with Crippen LogP contribution in [0.25, 0.3) is 0 Å². The zero-order valence-corrected chi connectivity index (χ0v) is 10.8. The molecule has 0 atom stereocenters. The lowest BCUT2D eigenvalue weighted by molar-refractivity contribution is -0.0194. The number of benzene rings is 1. The van der Waals surface area contributed by atoms with Gasteiger partial charge in [0.05, 0.1) is 0 Å². The fraction of sp³-hybridized carbons (Fsp3) is 0.500. The SMILES string of the molecule is COC1(C(=O)c2cccc(Cl)c2)CCCCC1. The summed E-state index contributed by atoms with van der Waals surface area (Å²) in [5.74, 6) is 0.0715. The van der Waals surface area contributed by atoms with Gasteiger partial charge in [-0.2, -0.15) is 0 Å². The first kappa shape index (κ1) is 12.6. The second-order valence-electron chi connectivity index (χ2n) is 4.60. The Labute approximate surface area is 107 Å². The van der Waals surface area contributed by atoms with Gasteiger partial charge in [0, 0.05) is 17.7 Å². The first-order valence-corrected chi connectivity index (χ1v) is 6.41. The van der Waals surface area contributed by atoms with Crippen LogP contribution in [0, 0.1) is 0 Å². The summed E-state index contributed by atoms with van der Waals surface area (Å²) >= 11 is 5.92. The first-order valence-electron chi connectivity index (χ1n) is 6.03. The molecule has 17 heavy (non-hydrogen) atoms. The van der Waals surface area contributed by atoms with Gasteiger partial charge in [-0.05, 0) is 25.0 Å². The van der Waals surface area contributed by atoms with E-state index in [0.717, 1.165) is 25.7 Å². The Morgan fingerprint density at radius 1 is 1.29 bits per heavy atom. The molecule has 0 heterocycles. The van der Waals surface area contributed by atoms with Crippen molar-refractivity contribution in [2.24, 2.45) is 0 Å². The molecule has 0 radical (unpaired) electrons. The molecule has 1 aliphatic rings. The highest BCUT2D eigenvalue weighted by Gasteiger charge is 2.39. The first-order chi connectivity index (χ1) is 8.18. The number of ketones is 1. The second-order valence-corrected chi connectivity index (χ2v) is 5.03. The lowest BCUT2D eigenvalue weighted by atomic mass is 9.79. The van der Waals surface area contributed by atoms with Gasteiger partial charge in [-0.15, -0.1) is 0 Å². The minimum absolute atomic E-state index is 0.0715. The maximum absolute atomic E-state index is 12.5. The van der Waals surface area contributed by atoms with E-state index in [9.17, 15) is 4.79 Å². The number of halogens is 1. The van der Waals surface area contributed by atoms with Gasteiger partial charge in [0.25, 0.3) is 0 Å².